The van der Waals surface area contributed by atoms with Crippen molar-refractivity contribution in [1.82, 2.24) is 4.90 Å². The fraction of sp³-hybridized carbons (Fsp3) is 1.00. The molecule has 0 N–H and O–H groups in total. The van der Waals surface area contributed by atoms with Crippen LogP contribution >= 0.6 is 11.6 Å². The average Bonchev–Trinajstić information content (AvgIpc) is 1.31. The third kappa shape index (κ3) is 3.09. The van der Waals surface area contributed by atoms with E-state index >= 15 is 0 Å². The highest BCUT2D eigenvalue weighted by molar-refractivity contribution is 6.43. The van der Waals surface area contributed by atoms with E-state index in [9.17, 15) is 0 Å². The van der Waals surface area contributed by atoms with Crippen LogP contribution in [-0.2, 0) is 0 Å². The van der Waals surface area contributed by atoms with Crippen LogP contribution in [0.1, 0.15) is 6.92 Å². The van der Waals surface area contributed by atoms with E-state index in [1.807, 2.05) is 25.9 Å². The van der Waals surface area contributed by atoms with Crippen molar-refractivity contribution in [2.45, 2.75) is 11.5 Å². The summed E-state index contributed by atoms with van der Waals surface area (Å²) in [4.78, 5) is 2.01. The number of hydrogen-bond acceptors (Lipinski definition) is 1. The Kier molecular flexibility index (Phi) is 2.30. The van der Waals surface area contributed by atoms with Gasteiger partial charge in [0, 0.05) is 10.2 Å². The van der Waals surface area contributed by atoms with Gasteiger partial charge in [0.15, 0.2) is 0 Å². The molecule has 0 aromatic heterocycles. The minimum atomic E-state index is -0.0556. The second-order valence-electron chi connectivity index (χ2n) is 2.30. The van der Waals surface area contributed by atoms with Gasteiger partial charge < -0.3 is 0 Å². The highest BCUT2D eigenvalue weighted by atomic mass is 35.5. The first-order valence-electron chi connectivity index (χ1n) is 2.31. The van der Waals surface area contributed by atoms with Crippen LogP contribution in [0.2, 0.25) is 0 Å². The number of hydrogen-bond donors (Lipinski definition) is 0. The Bertz CT molecular complexity index is 57.2. The minimum absolute atomic E-state index is 0.0556. The monoisotopic (exact) mass is 137 g/mol. The molecule has 0 bridgehead atoms. The summed E-state index contributed by atoms with van der Waals surface area (Å²) in [5.74, 6) is 0. The SMILES string of the molecule is CN(C)C(C)([SiH3])Cl. The molecule has 7 heavy (non-hydrogen) atoms. The zero-order valence-electron chi connectivity index (χ0n) is 5.33. The van der Waals surface area contributed by atoms with E-state index in [4.69, 9.17) is 11.6 Å². The van der Waals surface area contributed by atoms with Gasteiger partial charge in [-0.1, -0.05) is 0 Å². The summed E-state index contributed by atoms with van der Waals surface area (Å²) in [7, 11) is 4.98. The lowest BCUT2D eigenvalue weighted by atomic mass is 10.7. The maximum absolute atomic E-state index is 5.86. The second-order valence-corrected chi connectivity index (χ2v) is 5.81. The molecule has 0 aromatic rings. The van der Waals surface area contributed by atoms with Crippen LogP contribution in [0.3, 0.4) is 0 Å². The maximum atomic E-state index is 5.86. The molecule has 0 amide bonds. The van der Waals surface area contributed by atoms with Crippen LogP contribution in [0.15, 0.2) is 0 Å². The van der Waals surface area contributed by atoms with Crippen LogP contribution in [0.4, 0.5) is 0 Å². The van der Waals surface area contributed by atoms with E-state index < -0.39 is 0 Å². The molecular weight excluding hydrogens is 126 g/mol. The quantitative estimate of drug-likeness (QED) is 0.276. The summed E-state index contributed by atoms with van der Waals surface area (Å²) < 4.78 is -0.0556. The molecule has 0 aliphatic rings. The van der Waals surface area contributed by atoms with Crippen molar-refractivity contribution in [3.05, 3.63) is 0 Å². The summed E-state index contributed by atoms with van der Waals surface area (Å²) >= 11 is 5.86. The van der Waals surface area contributed by atoms with Crippen molar-refractivity contribution in [3.8, 4) is 0 Å². The van der Waals surface area contributed by atoms with Crippen LogP contribution in [0.5, 0.6) is 0 Å². The fourth-order valence-electron chi connectivity index (χ4n) is 0. The van der Waals surface area contributed by atoms with E-state index in [2.05, 4.69) is 0 Å². The summed E-state index contributed by atoms with van der Waals surface area (Å²) in [6, 6.07) is 0. The van der Waals surface area contributed by atoms with Gasteiger partial charge in [-0.2, -0.15) is 0 Å². The summed E-state index contributed by atoms with van der Waals surface area (Å²) in [5, 5.41) is 0. The third-order valence-electron chi connectivity index (χ3n) is 1.06. The molecule has 0 spiro atoms. The van der Waals surface area contributed by atoms with Crippen LogP contribution in [-0.4, -0.2) is 33.9 Å². The maximum Gasteiger partial charge on any atom is 0.0716 e. The predicted octanol–water partition coefficient (Wildman–Crippen LogP) is -0.174. The first kappa shape index (κ1) is 7.47. The molecule has 44 valence electrons. The minimum Gasteiger partial charge on any atom is -0.295 e. The van der Waals surface area contributed by atoms with E-state index in [0.29, 0.717) is 0 Å². The lowest BCUT2D eigenvalue weighted by molar-refractivity contribution is 0.357. The van der Waals surface area contributed by atoms with E-state index in [1.54, 1.807) is 0 Å². The van der Waals surface area contributed by atoms with Crippen LogP contribution in [0, 0.1) is 0 Å². The topological polar surface area (TPSA) is 3.24 Å². The van der Waals surface area contributed by atoms with Gasteiger partial charge in [0.2, 0.25) is 0 Å². The van der Waals surface area contributed by atoms with E-state index in [-0.39, 0.29) is 4.62 Å². The summed E-state index contributed by atoms with van der Waals surface area (Å²) in [6.45, 7) is 2.01. The Morgan fingerprint density at radius 1 is 1.57 bits per heavy atom. The number of alkyl halides is 1. The molecule has 1 unspecified atom stereocenters. The number of halogens is 1. The van der Waals surface area contributed by atoms with Crippen LogP contribution in [0.25, 0.3) is 0 Å². The molecule has 0 fully saturated rings. The van der Waals surface area contributed by atoms with Gasteiger partial charge in [0.1, 0.15) is 0 Å². The summed E-state index contributed by atoms with van der Waals surface area (Å²) in [5.41, 5.74) is 0. The van der Waals surface area contributed by atoms with Crippen molar-refractivity contribution in [2.24, 2.45) is 0 Å². The van der Waals surface area contributed by atoms with Crippen molar-refractivity contribution in [3.63, 3.8) is 0 Å². The van der Waals surface area contributed by atoms with Gasteiger partial charge in [0.25, 0.3) is 0 Å². The van der Waals surface area contributed by atoms with Gasteiger partial charge in [-0.05, 0) is 21.0 Å². The molecular formula is C4H12ClNSi. The molecule has 1 atom stereocenters. The largest absolute Gasteiger partial charge is 0.295 e. The highest BCUT2D eigenvalue weighted by Gasteiger charge is 2.13. The Labute approximate surface area is 53.1 Å². The average molecular weight is 138 g/mol. The molecule has 0 aromatic carbocycles. The molecule has 0 rings (SSSR count). The zero-order valence-corrected chi connectivity index (χ0v) is 8.08. The Balaban J connectivity index is 3.54. The molecule has 0 saturated carbocycles. The number of nitrogens with zero attached hydrogens (tertiary/aromatic N) is 1. The van der Waals surface area contributed by atoms with Gasteiger partial charge in [-0.25, -0.2) is 0 Å². The van der Waals surface area contributed by atoms with E-state index in [1.165, 1.54) is 0 Å². The van der Waals surface area contributed by atoms with Crippen LogP contribution < -0.4 is 0 Å². The first-order chi connectivity index (χ1) is 2.94. The molecule has 1 nitrogen and oxygen atoms in total. The van der Waals surface area contributed by atoms with Crippen molar-refractivity contribution in [2.75, 3.05) is 14.1 Å². The fourth-order valence-corrected chi connectivity index (χ4v) is 0. The standard InChI is InChI=1S/C4H12ClNSi/c1-4(5,7)6(2)3/h1-3,7H3. The molecule has 0 saturated heterocycles. The van der Waals surface area contributed by atoms with Crippen molar-refractivity contribution in [1.29, 1.82) is 0 Å². The molecule has 0 heterocycles. The first-order valence-corrected chi connectivity index (χ1v) is 3.68. The van der Waals surface area contributed by atoms with Crippen molar-refractivity contribution >= 4 is 21.8 Å². The number of rotatable bonds is 1. The Morgan fingerprint density at radius 3 is 1.71 bits per heavy atom. The van der Waals surface area contributed by atoms with Gasteiger partial charge in [-0.15, -0.1) is 11.6 Å². The molecule has 0 aliphatic carbocycles. The normalized spacial score (nSPS) is 20.1. The van der Waals surface area contributed by atoms with Gasteiger partial charge >= 0.3 is 0 Å². The molecule has 3 heteroatoms. The lowest BCUT2D eigenvalue weighted by Crippen LogP contribution is -2.35. The second kappa shape index (κ2) is 2.16. The van der Waals surface area contributed by atoms with Gasteiger partial charge in [-0.3, -0.25) is 4.90 Å². The third-order valence-corrected chi connectivity index (χ3v) is 2.30. The zero-order chi connectivity index (χ0) is 6.08. The lowest BCUT2D eigenvalue weighted by Gasteiger charge is -2.24. The molecule has 0 radical (unpaired) electrons. The highest BCUT2D eigenvalue weighted by Crippen LogP contribution is 2.09. The summed E-state index contributed by atoms with van der Waals surface area (Å²) in [6.07, 6.45) is 0. The van der Waals surface area contributed by atoms with Crippen molar-refractivity contribution < 1.29 is 0 Å². The van der Waals surface area contributed by atoms with Gasteiger partial charge in [0.05, 0.1) is 4.62 Å². The predicted molar refractivity (Wildman–Crippen MR) is 37.9 cm³/mol. The Morgan fingerprint density at radius 2 is 1.71 bits per heavy atom. The molecule has 0 aliphatic heterocycles. The smallest absolute Gasteiger partial charge is 0.0716 e. The Hall–Kier alpha value is 0.467. The van der Waals surface area contributed by atoms with E-state index in [0.717, 1.165) is 10.2 Å².